The number of aromatic nitrogens is 3. The minimum Gasteiger partial charge on any atom is -0.373 e. The summed E-state index contributed by atoms with van der Waals surface area (Å²) in [5.41, 5.74) is 0. The van der Waals surface area contributed by atoms with Crippen LogP contribution in [0.5, 0.6) is 0 Å². The largest absolute Gasteiger partial charge is 0.373 e. The van der Waals surface area contributed by atoms with Crippen LogP contribution in [0.2, 0.25) is 0 Å². The highest BCUT2D eigenvalue weighted by Crippen LogP contribution is 2.12. The number of rotatable bonds is 6. The highest BCUT2D eigenvalue weighted by molar-refractivity contribution is 4.83. The van der Waals surface area contributed by atoms with Gasteiger partial charge in [-0.05, 0) is 45.7 Å². The second kappa shape index (κ2) is 6.12. The Morgan fingerprint density at radius 2 is 2.47 bits per heavy atom. The molecule has 1 aromatic heterocycles. The average molecular weight is 238 g/mol. The molecule has 1 aliphatic heterocycles. The lowest BCUT2D eigenvalue weighted by Gasteiger charge is -2.11. The van der Waals surface area contributed by atoms with Crippen LogP contribution in [0, 0.1) is 5.92 Å². The van der Waals surface area contributed by atoms with Gasteiger partial charge in [0.15, 0.2) is 5.82 Å². The van der Waals surface area contributed by atoms with Gasteiger partial charge in [0.2, 0.25) is 0 Å². The maximum Gasteiger partial charge on any atom is 0.153 e. The van der Waals surface area contributed by atoms with E-state index < -0.39 is 0 Å². The van der Waals surface area contributed by atoms with E-state index in [4.69, 9.17) is 4.74 Å². The summed E-state index contributed by atoms with van der Waals surface area (Å²) in [6.07, 6.45) is 4.02. The molecule has 5 heteroatoms. The van der Waals surface area contributed by atoms with Gasteiger partial charge in [0, 0.05) is 12.6 Å². The van der Waals surface area contributed by atoms with E-state index in [2.05, 4.69) is 29.2 Å². The minimum absolute atomic E-state index is 0.343. The Morgan fingerprint density at radius 3 is 3.18 bits per heavy atom. The molecule has 0 aromatic carbocycles. The van der Waals surface area contributed by atoms with Crippen molar-refractivity contribution in [1.29, 1.82) is 0 Å². The summed E-state index contributed by atoms with van der Waals surface area (Å²) < 4.78 is 7.59. The van der Waals surface area contributed by atoms with Gasteiger partial charge in [-0.25, -0.2) is 9.67 Å². The molecular formula is C12H22N4O. The number of nitrogens with zero attached hydrogens (tertiary/aromatic N) is 3. The first-order valence-electron chi connectivity index (χ1n) is 6.44. The Morgan fingerprint density at radius 1 is 1.59 bits per heavy atom. The van der Waals surface area contributed by atoms with Crippen LogP contribution >= 0.6 is 0 Å². The third-order valence-electron chi connectivity index (χ3n) is 3.20. The third kappa shape index (κ3) is 3.51. The molecule has 1 aliphatic rings. The van der Waals surface area contributed by atoms with E-state index in [1.807, 2.05) is 4.68 Å². The molecule has 1 fully saturated rings. The summed E-state index contributed by atoms with van der Waals surface area (Å²) in [6.45, 7) is 7.89. The second-order valence-electron chi connectivity index (χ2n) is 4.91. The van der Waals surface area contributed by atoms with E-state index in [9.17, 15) is 0 Å². The van der Waals surface area contributed by atoms with Gasteiger partial charge in [-0.1, -0.05) is 0 Å². The van der Waals surface area contributed by atoms with E-state index in [1.165, 1.54) is 6.42 Å². The molecule has 96 valence electrons. The van der Waals surface area contributed by atoms with Gasteiger partial charge in [-0.2, -0.15) is 5.10 Å². The molecule has 0 bridgehead atoms. The summed E-state index contributed by atoms with van der Waals surface area (Å²) in [6, 6.07) is 0.343. The number of nitrogens with one attached hydrogen (secondary N) is 1. The van der Waals surface area contributed by atoms with Crippen molar-refractivity contribution >= 4 is 0 Å². The third-order valence-corrected chi connectivity index (χ3v) is 3.20. The van der Waals surface area contributed by atoms with Crippen LogP contribution in [0.15, 0.2) is 6.33 Å². The first kappa shape index (κ1) is 12.5. The van der Waals surface area contributed by atoms with Crippen molar-refractivity contribution in [3.63, 3.8) is 0 Å². The van der Waals surface area contributed by atoms with Gasteiger partial charge in [-0.3, -0.25) is 0 Å². The summed E-state index contributed by atoms with van der Waals surface area (Å²) in [4.78, 5) is 4.22. The maximum absolute atomic E-state index is 5.68. The smallest absolute Gasteiger partial charge is 0.153 e. The van der Waals surface area contributed by atoms with Crippen molar-refractivity contribution in [3.05, 3.63) is 12.2 Å². The second-order valence-corrected chi connectivity index (χ2v) is 4.91. The maximum atomic E-state index is 5.68. The van der Waals surface area contributed by atoms with Gasteiger partial charge >= 0.3 is 0 Å². The molecule has 0 aliphatic carbocycles. The van der Waals surface area contributed by atoms with Crippen LogP contribution in [0.1, 0.15) is 38.6 Å². The zero-order chi connectivity index (χ0) is 12.1. The lowest BCUT2D eigenvalue weighted by Crippen LogP contribution is -2.12. The molecule has 0 saturated carbocycles. The fourth-order valence-electron chi connectivity index (χ4n) is 2.18. The standard InChI is InChI=1S/C12H22N4O/c1-10(2)16-12(14-9-15-16)8-17-6-4-11-3-5-13-7-11/h9-11,13H,3-8H2,1-2H3. The van der Waals surface area contributed by atoms with E-state index in [0.29, 0.717) is 12.6 Å². The molecule has 1 N–H and O–H groups in total. The topological polar surface area (TPSA) is 52.0 Å². The molecule has 17 heavy (non-hydrogen) atoms. The molecule has 1 unspecified atom stereocenters. The Balaban J connectivity index is 1.68. The lowest BCUT2D eigenvalue weighted by molar-refractivity contribution is 0.100. The van der Waals surface area contributed by atoms with Crippen molar-refractivity contribution < 1.29 is 4.74 Å². The fourth-order valence-corrected chi connectivity index (χ4v) is 2.18. The van der Waals surface area contributed by atoms with Crippen molar-refractivity contribution in [2.75, 3.05) is 19.7 Å². The van der Waals surface area contributed by atoms with Crippen molar-refractivity contribution in [3.8, 4) is 0 Å². The van der Waals surface area contributed by atoms with E-state index in [0.717, 1.165) is 37.9 Å². The zero-order valence-corrected chi connectivity index (χ0v) is 10.7. The molecule has 1 atom stereocenters. The molecular weight excluding hydrogens is 216 g/mol. The molecule has 1 aromatic rings. The monoisotopic (exact) mass is 238 g/mol. The highest BCUT2D eigenvalue weighted by atomic mass is 16.5. The number of ether oxygens (including phenoxy) is 1. The molecule has 2 rings (SSSR count). The van der Waals surface area contributed by atoms with Gasteiger partial charge in [-0.15, -0.1) is 0 Å². The van der Waals surface area contributed by atoms with E-state index in [-0.39, 0.29) is 0 Å². The molecule has 0 radical (unpaired) electrons. The van der Waals surface area contributed by atoms with Gasteiger partial charge in [0.25, 0.3) is 0 Å². The van der Waals surface area contributed by atoms with Gasteiger partial charge in [0.1, 0.15) is 12.9 Å². The molecule has 0 amide bonds. The van der Waals surface area contributed by atoms with Crippen molar-refractivity contribution in [2.24, 2.45) is 5.92 Å². The predicted octanol–water partition coefficient (Wildman–Crippen LogP) is 1.38. The van der Waals surface area contributed by atoms with Crippen LogP contribution < -0.4 is 5.32 Å². The first-order valence-corrected chi connectivity index (χ1v) is 6.44. The normalized spacial score (nSPS) is 20.3. The first-order chi connectivity index (χ1) is 8.27. The SMILES string of the molecule is CC(C)n1ncnc1COCCC1CCNC1. The molecule has 0 spiro atoms. The fraction of sp³-hybridized carbons (Fsp3) is 0.833. The van der Waals surface area contributed by atoms with Crippen LogP contribution in [0.25, 0.3) is 0 Å². The van der Waals surface area contributed by atoms with Gasteiger partial charge < -0.3 is 10.1 Å². The van der Waals surface area contributed by atoms with Crippen molar-refractivity contribution in [1.82, 2.24) is 20.1 Å². The van der Waals surface area contributed by atoms with Crippen LogP contribution in [-0.2, 0) is 11.3 Å². The summed E-state index contributed by atoms with van der Waals surface area (Å²) in [5.74, 6) is 1.71. The van der Waals surface area contributed by atoms with Crippen LogP contribution in [-0.4, -0.2) is 34.5 Å². The number of hydrogen-bond donors (Lipinski definition) is 1. The summed E-state index contributed by atoms with van der Waals surface area (Å²) in [7, 11) is 0. The Hall–Kier alpha value is -0.940. The Bertz CT molecular complexity index is 331. The Labute approximate surface area is 103 Å². The predicted molar refractivity (Wildman–Crippen MR) is 65.7 cm³/mol. The lowest BCUT2D eigenvalue weighted by atomic mass is 10.1. The minimum atomic E-state index is 0.343. The molecule has 1 saturated heterocycles. The quantitative estimate of drug-likeness (QED) is 0.761. The average Bonchev–Trinajstić information content (AvgIpc) is 2.95. The molecule has 2 heterocycles. The van der Waals surface area contributed by atoms with Crippen molar-refractivity contribution in [2.45, 2.75) is 39.3 Å². The van der Waals surface area contributed by atoms with Crippen LogP contribution in [0.4, 0.5) is 0 Å². The summed E-state index contributed by atoms with van der Waals surface area (Å²) >= 11 is 0. The van der Waals surface area contributed by atoms with Gasteiger partial charge in [0.05, 0.1) is 0 Å². The number of hydrogen-bond acceptors (Lipinski definition) is 4. The van der Waals surface area contributed by atoms with E-state index >= 15 is 0 Å². The summed E-state index contributed by atoms with van der Waals surface area (Å²) in [5, 5.41) is 7.56. The van der Waals surface area contributed by atoms with Crippen LogP contribution in [0.3, 0.4) is 0 Å². The Kier molecular flexibility index (Phi) is 4.50. The zero-order valence-electron chi connectivity index (χ0n) is 10.7. The molecule has 5 nitrogen and oxygen atoms in total. The highest BCUT2D eigenvalue weighted by Gasteiger charge is 2.14. The van der Waals surface area contributed by atoms with E-state index in [1.54, 1.807) is 6.33 Å².